The van der Waals surface area contributed by atoms with Crippen molar-refractivity contribution in [3.8, 4) is 0 Å². The van der Waals surface area contributed by atoms with Crippen LogP contribution in [0.1, 0.15) is 22.8 Å². The lowest BCUT2D eigenvalue weighted by Crippen LogP contribution is -2.12. The van der Waals surface area contributed by atoms with E-state index in [4.69, 9.17) is 10.5 Å². The van der Waals surface area contributed by atoms with Crippen LogP contribution in [0.3, 0.4) is 0 Å². The summed E-state index contributed by atoms with van der Waals surface area (Å²) in [6.07, 6.45) is 4.41. The van der Waals surface area contributed by atoms with Crippen LogP contribution in [0.15, 0.2) is 42.7 Å². The van der Waals surface area contributed by atoms with E-state index in [0.717, 1.165) is 17.7 Å². The predicted molar refractivity (Wildman–Crippen MR) is 83.2 cm³/mol. The van der Waals surface area contributed by atoms with Crippen LogP contribution < -0.4 is 11.1 Å². The normalized spacial score (nSPS) is 10.1. The molecule has 1 heterocycles. The van der Waals surface area contributed by atoms with E-state index in [1.807, 2.05) is 24.4 Å². The zero-order chi connectivity index (χ0) is 15.1. The summed E-state index contributed by atoms with van der Waals surface area (Å²) < 4.78 is 4.98. The van der Waals surface area contributed by atoms with Crippen molar-refractivity contribution in [2.75, 3.05) is 24.2 Å². The molecule has 0 bridgehead atoms. The quantitative estimate of drug-likeness (QED) is 0.630. The Balaban J connectivity index is 2.00. The molecule has 0 unspecified atom stereocenters. The zero-order valence-corrected chi connectivity index (χ0v) is 12.0. The summed E-state index contributed by atoms with van der Waals surface area (Å²) in [5.74, 6) is -0.397. The highest BCUT2D eigenvalue weighted by Crippen LogP contribution is 2.23. The van der Waals surface area contributed by atoms with E-state index >= 15 is 0 Å². The molecule has 5 heteroatoms. The zero-order valence-electron chi connectivity index (χ0n) is 12.0. The van der Waals surface area contributed by atoms with Crippen molar-refractivity contribution in [3.05, 3.63) is 53.9 Å². The molecular formula is C16H19N3O2. The third-order valence-corrected chi connectivity index (χ3v) is 3.05. The van der Waals surface area contributed by atoms with Gasteiger partial charge in [-0.05, 0) is 37.1 Å². The highest BCUT2D eigenvalue weighted by atomic mass is 16.5. The van der Waals surface area contributed by atoms with Crippen molar-refractivity contribution < 1.29 is 9.53 Å². The van der Waals surface area contributed by atoms with Crippen molar-refractivity contribution in [1.29, 1.82) is 0 Å². The summed E-state index contributed by atoms with van der Waals surface area (Å²) in [7, 11) is 0. The van der Waals surface area contributed by atoms with Crippen molar-refractivity contribution in [2.24, 2.45) is 0 Å². The number of para-hydroxylation sites is 1. The number of pyridine rings is 1. The minimum Gasteiger partial charge on any atom is -0.462 e. The molecule has 0 saturated carbocycles. The second-order valence-electron chi connectivity index (χ2n) is 4.53. The highest BCUT2D eigenvalue weighted by molar-refractivity contribution is 5.98. The van der Waals surface area contributed by atoms with Gasteiger partial charge in [-0.2, -0.15) is 0 Å². The smallest absolute Gasteiger partial charge is 0.340 e. The van der Waals surface area contributed by atoms with Crippen LogP contribution in [-0.4, -0.2) is 24.1 Å². The predicted octanol–water partition coefficient (Wildman–Crippen LogP) is 2.50. The third-order valence-electron chi connectivity index (χ3n) is 3.05. The summed E-state index contributed by atoms with van der Waals surface area (Å²) in [5, 5.41) is 3.24. The molecule has 0 fully saturated rings. The van der Waals surface area contributed by atoms with E-state index in [0.29, 0.717) is 24.4 Å². The number of nitrogens with one attached hydrogen (secondary N) is 1. The van der Waals surface area contributed by atoms with Crippen LogP contribution in [0, 0.1) is 0 Å². The maximum absolute atomic E-state index is 11.8. The molecule has 0 aliphatic rings. The number of nitrogens with two attached hydrogens (primary N) is 1. The van der Waals surface area contributed by atoms with Gasteiger partial charge in [0.2, 0.25) is 0 Å². The molecule has 3 N–H and O–H groups in total. The van der Waals surface area contributed by atoms with Crippen molar-refractivity contribution in [3.63, 3.8) is 0 Å². The van der Waals surface area contributed by atoms with Crippen molar-refractivity contribution in [2.45, 2.75) is 13.3 Å². The average Bonchev–Trinajstić information content (AvgIpc) is 2.50. The van der Waals surface area contributed by atoms with Gasteiger partial charge in [0.25, 0.3) is 0 Å². The Kier molecular flexibility index (Phi) is 5.15. The molecule has 0 spiro atoms. The molecule has 0 aliphatic carbocycles. The Labute approximate surface area is 124 Å². The van der Waals surface area contributed by atoms with Crippen LogP contribution in [-0.2, 0) is 11.2 Å². The molecule has 0 saturated heterocycles. The number of rotatable bonds is 6. The molecule has 5 nitrogen and oxygen atoms in total. The van der Waals surface area contributed by atoms with E-state index in [9.17, 15) is 4.79 Å². The van der Waals surface area contributed by atoms with Gasteiger partial charge in [-0.3, -0.25) is 4.98 Å². The number of ether oxygens (including phenoxy) is 1. The fourth-order valence-corrected chi connectivity index (χ4v) is 1.99. The van der Waals surface area contributed by atoms with Gasteiger partial charge >= 0.3 is 5.97 Å². The lowest BCUT2D eigenvalue weighted by Gasteiger charge is -2.12. The number of hydrogen-bond donors (Lipinski definition) is 2. The van der Waals surface area contributed by atoms with E-state index in [1.54, 1.807) is 25.3 Å². The third kappa shape index (κ3) is 3.95. The number of carbonyl (C=O) groups excluding carboxylic acids is 1. The summed E-state index contributed by atoms with van der Waals surface area (Å²) >= 11 is 0. The Morgan fingerprint density at radius 3 is 2.90 bits per heavy atom. The molecule has 2 rings (SSSR count). The average molecular weight is 285 g/mol. The van der Waals surface area contributed by atoms with Crippen molar-refractivity contribution in [1.82, 2.24) is 4.98 Å². The standard InChI is InChI=1S/C16H19N3O2/c1-2-21-16(20)13-6-3-7-14(15(13)17)19-10-8-12-5-4-9-18-11-12/h3-7,9,11,19H,2,8,10,17H2,1H3. The van der Waals surface area contributed by atoms with E-state index in [2.05, 4.69) is 10.3 Å². The fraction of sp³-hybridized carbons (Fsp3) is 0.250. The van der Waals surface area contributed by atoms with Gasteiger partial charge in [-0.15, -0.1) is 0 Å². The van der Waals surface area contributed by atoms with Gasteiger partial charge in [-0.1, -0.05) is 12.1 Å². The first kappa shape index (κ1) is 14.8. The van der Waals surface area contributed by atoms with Crippen LogP contribution in [0.25, 0.3) is 0 Å². The Morgan fingerprint density at radius 1 is 1.33 bits per heavy atom. The first-order valence-corrected chi connectivity index (χ1v) is 6.90. The second kappa shape index (κ2) is 7.28. The lowest BCUT2D eigenvalue weighted by atomic mass is 10.1. The topological polar surface area (TPSA) is 77.2 Å². The molecule has 110 valence electrons. The second-order valence-corrected chi connectivity index (χ2v) is 4.53. The SMILES string of the molecule is CCOC(=O)c1cccc(NCCc2cccnc2)c1N. The number of anilines is 2. The van der Waals surface area contributed by atoms with Gasteiger partial charge in [-0.25, -0.2) is 4.79 Å². The Hall–Kier alpha value is -2.56. The molecule has 0 amide bonds. The van der Waals surface area contributed by atoms with E-state index in [-0.39, 0.29) is 0 Å². The minimum absolute atomic E-state index is 0.330. The molecule has 21 heavy (non-hydrogen) atoms. The van der Waals surface area contributed by atoms with Gasteiger partial charge in [0, 0.05) is 18.9 Å². The van der Waals surface area contributed by atoms with Crippen LogP contribution in [0.5, 0.6) is 0 Å². The van der Waals surface area contributed by atoms with Crippen molar-refractivity contribution >= 4 is 17.3 Å². The van der Waals surface area contributed by atoms with Gasteiger partial charge in [0.1, 0.15) is 0 Å². The summed E-state index contributed by atoms with van der Waals surface area (Å²) in [5.41, 5.74) is 8.71. The molecule has 1 aromatic carbocycles. The van der Waals surface area contributed by atoms with E-state index < -0.39 is 5.97 Å². The largest absolute Gasteiger partial charge is 0.462 e. The lowest BCUT2D eigenvalue weighted by molar-refractivity contribution is 0.0527. The van der Waals surface area contributed by atoms with Gasteiger partial charge in [0.05, 0.1) is 23.5 Å². The highest BCUT2D eigenvalue weighted by Gasteiger charge is 2.13. The number of carbonyl (C=O) groups is 1. The Morgan fingerprint density at radius 2 is 2.19 bits per heavy atom. The summed E-state index contributed by atoms with van der Waals surface area (Å²) in [6, 6.07) is 9.23. The molecular weight excluding hydrogens is 266 g/mol. The van der Waals surface area contributed by atoms with Crippen LogP contribution in [0.4, 0.5) is 11.4 Å². The number of esters is 1. The number of aromatic nitrogens is 1. The number of nitrogens with zero attached hydrogens (tertiary/aromatic N) is 1. The van der Waals surface area contributed by atoms with Crippen LogP contribution in [0.2, 0.25) is 0 Å². The number of hydrogen-bond acceptors (Lipinski definition) is 5. The first-order chi connectivity index (χ1) is 10.2. The Bertz CT molecular complexity index is 600. The number of benzene rings is 1. The van der Waals surface area contributed by atoms with Gasteiger partial charge in [0.15, 0.2) is 0 Å². The first-order valence-electron chi connectivity index (χ1n) is 6.90. The van der Waals surface area contributed by atoms with Gasteiger partial charge < -0.3 is 15.8 Å². The monoisotopic (exact) mass is 285 g/mol. The number of nitrogen functional groups attached to an aromatic ring is 1. The molecule has 0 aliphatic heterocycles. The fourth-order valence-electron chi connectivity index (χ4n) is 1.99. The maximum atomic E-state index is 11.8. The maximum Gasteiger partial charge on any atom is 0.340 e. The molecule has 1 aromatic heterocycles. The summed E-state index contributed by atoms with van der Waals surface area (Å²) in [4.78, 5) is 15.8. The summed E-state index contributed by atoms with van der Waals surface area (Å²) in [6.45, 7) is 2.81. The molecule has 0 radical (unpaired) electrons. The molecule has 2 aromatic rings. The molecule has 0 atom stereocenters. The van der Waals surface area contributed by atoms with Crippen LogP contribution >= 0.6 is 0 Å². The van der Waals surface area contributed by atoms with E-state index in [1.165, 1.54) is 0 Å². The minimum atomic E-state index is -0.397.